The molecule has 9 nitrogen and oxygen atoms in total. The van der Waals surface area contributed by atoms with Gasteiger partial charge in [0, 0.05) is 43.0 Å². The molecule has 0 bridgehead atoms. The number of benzene rings is 2. The van der Waals surface area contributed by atoms with Gasteiger partial charge in [0.1, 0.15) is 18.0 Å². The van der Waals surface area contributed by atoms with Crippen LogP contribution in [0.1, 0.15) is 81.1 Å². The number of likely N-dealkylation sites (N-methyl/N-ethyl adjacent to an activating group) is 1. The van der Waals surface area contributed by atoms with Crippen LogP contribution in [0.4, 0.5) is 4.79 Å². The van der Waals surface area contributed by atoms with Gasteiger partial charge in [0.15, 0.2) is 0 Å². The van der Waals surface area contributed by atoms with E-state index in [9.17, 15) is 14.4 Å². The largest absolute Gasteiger partial charge is 0.491 e. The third-order valence-electron chi connectivity index (χ3n) is 8.45. The predicted octanol–water partition coefficient (Wildman–Crippen LogP) is 6.28. The van der Waals surface area contributed by atoms with Crippen LogP contribution in [0.2, 0.25) is 0 Å². The van der Waals surface area contributed by atoms with Gasteiger partial charge in [-0.1, -0.05) is 37.5 Å². The Balaban J connectivity index is 1.53. The molecule has 0 saturated heterocycles. The summed E-state index contributed by atoms with van der Waals surface area (Å²) >= 11 is 0. The molecule has 9 heteroatoms. The van der Waals surface area contributed by atoms with Crippen molar-refractivity contribution in [1.29, 1.82) is 0 Å². The molecule has 3 aromatic rings. The third-order valence-corrected chi connectivity index (χ3v) is 8.45. The minimum absolute atomic E-state index is 0.112. The smallest absolute Gasteiger partial charge is 0.407 e. The normalized spacial score (nSPS) is 17.1. The van der Waals surface area contributed by atoms with Crippen LogP contribution in [-0.2, 0) is 20.8 Å². The number of para-hydroxylation sites is 1. The Morgan fingerprint density at radius 3 is 2.53 bits per heavy atom. The second kappa shape index (κ2) is 12.7. The molecular formula is C34H43N3O6. The van der Waals surface area contributed by atoms with Crippen molar-refractivity contribution in [3.8, 4) is 17.0 Å². The van der Waals surface area contributed by atoms with E-state index in [1.54, 1.807) is 32.7 Å². The van der Waals surface area contributed by atoms with Crippen molar-refractivity contribution in [3.63, 3.8) is 0 Å². The van der Waals surface area contributed by atoms with Crippen LogP contribution in [0.3, 0.4) is 0 Å². The van der Waals surface area contributed by atoms with Gasteiger partial charge in [0.2, 0.25) is 5.91 Å². The van der Waals surface area contributed by atoms with Gasteiger partial charge in [-0.2, -0.15) is 0 Å². The number of amides is 2. The number of alkyl carbamates (subject to hydrolysis) is 1. The lowest BCUT2D eigenvalue weighted by atomic mass is 9.81. The van der Waals surface area contributed by atoms with Crippen LogP contribution in [-0.4, -0.2) is 66.4 Å². The van der Waals surface area contributed by atoms with E-state index in [0.29, 0.717) is 24.6 Å². The van der Waals surface area contributed by atoms with E-state index >= 15 is 0 Å². The molecule has 2 aromatic carbocycles. The number of nitrogens with one attached hydrogen (secondary N) is 1. The van der Waals surface area contributed by atoms with Crippen molar-refractivity contribution in [2.75, 3.05) is 27.3 Å². The number of nitrogens with zero attached hydrogens (tertiary/aromatic N) is 2. The van der Waals surface area contributed by atoms with Gasteiger partial charge in [-0.3, -0.25) is 4.79 Å². The zero-order valence-corrected chi connectivity index (χ0v) is 25.9. The molecule has 5 rings (SSSR count). The van der Waals surface area contributed by atoms with E-state index in [1.165, 1.54) is 31.9 Å². The van der Waals surface area contributed by atoms with Gasteiger partial charge in [-0.05, 0) is 69.4 Å². The predicted molar refractivity (Wildman–Crippen MR) is 165 cm³/mol. The maximum atomic E-state index is 13.4. The van der Waals surface area contributed by atoms with Crippen LogP contribution < -0.4 is 10.1 Å². The summed E-state index contributed by atoms with van der Waals surface area (Å²) in [6.45, 7) is 6.34. The first-order valence-electron chi connectivity index (χ1n) is 15.3. The molecule has 1 aliphatic heterocycles. The van der Waals surface area contributed by atoms with E-state index < -0.39 is 11.7 Å². The fraction of sp³-hybridized carbons (Fsp3) is 0.500. The Bertz CT molecular complexity index is 1500. The van der Waals surface area contributed by atoms with Gasteiger partial charge in [-0.15, -0.1) is 0 Å². The maximum absolute atomic E-state index is 13.4. The van der Waals surface area contributed by atoms with Gasteiger partial charge in [0.25, 0.3) is 0 Å². The number of hydrogen-bond acceptors (Lipinski definition) is 6. The summed E-state index contributed by atoms with van der Waals surface area (Å²) in [5.74, 6) is 0.668. The molecule has 230 valence electrons. The number of carbonyl (C=O) groups is 3. The second-order valence-electron chi connectivity index (χ2n) is 12.6. The summed E-state index contributed by atoms with van der Waals surface area (Å²) in [6, 6.07) is 13.6. The highest BCUT2D eigenvalue weighted by molar-refractivity contribution is 5.99. The highest BCUT2D eigenvalue weighted by Crippen LogP contribution is 2.47. The quantitative estimate of drug-likeness (QED) is 0.340. The maximum Gasteiger partial charge on any atom is 0.407 e. The summed E-state index contributed by atoms with van der Waals surface area (Å²) in [7, 11) is 3.18. The van der Waals surface area contributed by atoms with Gasteiger partial charge in [0.05, 0.1) is 24.4 Å². The molecule has 1 saturated carbocycles. The average molecular weight is 590 g/mol. The van der Waals surface area contributed by atoms with Gasteiger partial charge in [-0.25, -0.2) is 9.59 Å². The monoisotopic (exact) mass is 589 g/mol. The third kappa shape index (κ3) is 6.65. The van der Waals surface area contributed by atoms with E-state index in [1.807, 2.05) is 30.3 Å². The molecular weight excluding hydrogens is 546 g/mol. The molecule has 1 atom stereocenters. The van der Waals surface area contributed by atoms with Crippen LogP contribution >= 0.6 is 0 Å². The summed E-state index contributed by atoms with van der Waals surface area (Å²) in [5, 5.41) is 3.80. The molecule has 0 unspecified atom stereocenters. The molecule has 1 N–H and O–H groups in total. The van der Waals surface area contributed by atoms with Crippen molar-refractivity contribution in [3.05, 3.63) is 53.6 Å². The summed E-state index contributed by atoms with van der Waals surface area (Å²) < 4.78 is 19.1. The zero-order valence-electron chi connectivity index (χ0n) is 25.9. The molecule has 2 amide bonds. The first-order valence-corrected chi connectivity index (χ1v) is 15.3. The van der Waals surface area contributed by atoms with E-state index in [-0.39, 0.29) is 30.9 Å². The first-order chi connectivity index (χ1) is 20.6. The van der Waals surface area contributed by atoms with E-state index in [0.717, 1.165) is 40.8 Å². The first kappa shape index (κ1) is 30.4. The van der Waals surface area contributed by atoms with Crippen molar-refractivity contribution >= 4 is 28.9 Å². The summed E-state index contributed by atoms with van der Waals surface area (Å²) in [6.07, 6.45) is 5.42. The lowest BCUT2D eigenvalue weighted by Gasteiger charge is -2.32. The van der Waals surface area contributed by atoms with E-state index in [4.69, 9.17) is 14.2 Å². The molecule has 0 radical (unpaired) electrons. The van der Waals surface area contributed by atoms with Crippen LogP contribution in [0.25, 0.3) is 22.2 Å². The molecule has 0 spiro atoms. The van der Waals surface area contributed by atoms with Crippen molar-refractivity contribution in [2.45, 2.75) is 83.4 Å². The molecule has 1 fully saturated rings. The highest BCUT2D eigenvalue weighted by atomic mass is 16.6. The standard InChI is InChI=1S/C34H43N3O6/c1-34(2,3)43-33(40)35-18-17-29(38)36(4)24-20-37-27-19-23(32(39)41-5)15-16-25(27)30(22-11-7-6-8-12-22)31(37)26-13-9-10-14-28(26)42-21-24/h9-10,13-16,19,22,24H,6-8,11-12,17-18,20-21H2,1-5H3,(H,35,40)/t24-/m1/s1. The number of methoxy groups -OCH3 is 1. The van der Waals surface area contributed by atoms with Crippen LogP contribution in [0, 0.1) is 0 Å². The minimum atomic E-state index is -0.612. The van der Waals surface area contributed by atoms with Gasteiger partial charge < -0.3 is 29.0 Å². The SMILES string of the molecule is COC(=O)c1ccc2c(C3CCCCC3)c3n(c2c1)C[C@@H](N(C)C(=O)CCNC(=O)OC(C)(C)C)COc1ccccc1-3. The number of aromatic nitrogens is 1. The zero-order chi connectivity index (χ0) is 30.7. The lowest BCUT2D eigenvalue weighted by molar-refractivity contribution is -0.132. The van der Waals surface area contributed by atoms with Crippen LogP contribution in [0.15, 0.2) is 42.5 Å². The molecule has 2 aliphatic rings. The number of carbonyl (C=O) groups excluding carboxylic acids is 3. The van der Waals surface area contributed by atoms with Crippen molar-refractivity contribution in [1.82, 2.24) is 14.8 Å². The second-order valence-corrected chi connectivity index (χ2v) is 12.6. The number of ether oxygens (including phenoxy) is 3. The Morgan fingerprint density at radius 2 is 1.81 bits per heavy atom. The van der Waals surface area contributed by atoms with Crippen molar-refractivity contribution in [2.24, 2.45) is 0 Å². The number of rotatable bonds is 6. The fourth-order valence-corrected chi connectivity index (χ4v) is 6.34. The minimum Gasteiger partial charge on any atom is -0.491 e. The average Bonchev–Trinajstić information content (AvgIpc) is 3.29. The number of esters is 1. The molecule has 2 heterocycles. The van der Waals surface area contributed by atoms with Crippen LogP contribution in [0.5, 0.6) is 5.75 Å². The number of fused-ring (bicyclic) bond motifs is 5. The molecule has 1 aromatic heterocycles. The molecule has 43 heavy (non-hydrogen) atoms. The van der Waals surface area contributed by atoms with Gasteiger partial charge >= 0.3 is 12.1 Å². The number of hydrogen-bond donors (Lipinski definition) is 1. The van der Waals surface area contributed by atoms with E-state index in [2.05, 4.69) is 22.0 Å². The molecule has 1 aliphatic carbocycles. The topological polar surface area (TPSA) is 99.1 Å². The Morgan fingerprint density at radius 1 is 1.07 bits per heavy atom. The Hall–Kier alpha value is -4.01. The Labute approximate surface area is 253 Å². The Kier molecular flexibility index (Phi) is 8.99. The summed E-state index contributed by atoms with van der Waals surface area (Å²) in [4.78, 5) is 39.8. The van der Waals surface area contributed by atoms with Crippen molar-refractivity contribution < 1.29 is 28.6 Å². The summed E-state index contributed by atoms with van der Waals surface area (Å²) in [5.41, 5.74) is 4.24. The fourth-order valence-electron chi connectivity index (χ4n) is 6.34. The highest BCUT2D eigenvalue weighted by Gasteiger charge is 2.32. The lowest BCUT2D eigenvalue weighted by Crippen LogP contribution is -2.45.